The van der Waals surface area contributed by atoms with Gasteiger partial charge in [-0.2, -0.15) is 0 Å². The van der Waals surface area contributed by atoms with Crippen LogP contribution in [-0.4, -0.2) is 24.7 Å². The van der Waals surface area contributed by atoms with E-state index < -0.39 is 0 Å². The summed E-state index contributed by atoms with van der Waals surface area (Å²) in [5, 5.41) is 2.74. The lowest BCUT2D eigenvalue weighted by Gasteiger charge is -2.32. The van der Waals surface area contributed by atoms with E-state index in [-0.39, 0.29) is 11.5 Å². The molecule has 0 aliphatic heterocycles. The standard InChI is InChI=1S/C15H23NO2/c1-3-14(17)16-12-8-9-13-18-15(4-2)10-6-5-7-11-15/h2-3H,1,5-13H2,(H,16,17). The van der Waals surface area contributed by atoms with Crippen molar-refractivity contribution in [1.29, 1.82) is 0 Å². The molecule has 3 nitrogen and oxygen atoms in total. The molecule has 0 atom stereocenters. The number of hydrogen-bond acceptors (Lipinski definition) is 2. The van der Waals surface area contributed by atoms with Crippen LogP contribution in [0.25, 0.3) is 0 Å². The highest BCUT2D eigenvalue weighted by Crippen LogP contribution is 2.31. The molecule has 18 heavy (non-hydrogen) atoms. The molecule has 100 valence electrons. The summed E-state index contributed by atoms with van der Waals surface area (Å²) in [5.41, 5.74) is -0.317. The fourth-order valence-corrected chi connectivity index (χ4v) is 2.23. The van der Waals surface area contributed by atoms with Gasteiger partial charge in [0.2, 0.25) is 5.91 Å². The first-order valence-electron chi connectivity index (χ1n) is 6.74. The Bertz CT molecular complexity index is 311. The number of amides is 1. The van der Waals surface area contributed by atoms with Gasteiger partial charge in [-0.05, 0) is 44.6 Å². The lowest BCUT2D eigenvalue weighted by Crippen LogP contribution is -2.33. The molecule has 0 spiro atoms. The maximum absolute atomic E-state index is 10.9. The molecule has 0 saturated heterocycles. The monoisotopic (exact) mass is 249 g/mol. The number of nitrogens with one attached hydrogen (secondary N) is 1. The summed E-state index contributed by atoms with van der Waals surface area (Å²) < 4.78 is 5.88. The van der Waals surface area contributed by atoms with Gasteiger partial charge in [-0.1, -0.05) is 18.9 Å². The minimum absolute atomic E-state index is 0.122. The van der Waals surface area contributed by atoms with Crippen molar-refractivity contribution in [3.05, 3.63) is 12.7 Å². The van der Waals surface area contributed by atoms with E-state index in [0.29, 0.717) is 13.2 Å². The van der Waals surface area contributed by atoms with Crippen molar-refractivity contribution in [3.8, 4) is 12.3 Å². The maximum atomic E-state index is 10.9. The third-order valence-electron chi connectivity index (χ3n) is 3.36. The van der Waals surface area contributed by atoms with Gasteiger partial charge in [0, 0.05) is 13.2 Å². The predicted molar refractivity (Wildman–Crippen MR) is 73.0 cm³/mol. The van der Waals surface area contributed by atoms with Gasteiger partial charge in [0.25, 0.3) is 0 Å². The van der Waals surface area contributed by atoms with Crippen LogP contribution in [0.1, 0.15) is 44.9 Å². The Morgan fingerprint density at radius 1 is 1.39 bits per heavy atom. The quantitative estimate of drug-likeness (QED) is 0.427. The van der Waals surface area contributed by atoms with Crippen molar-refractivity contribution in [2.75, 3.05) is 13.2 Å². The topological polar surface area (TPSA) is 38.3 Å². The van der Waals surface area contributed by atoms with Gasteiger partial charge in [0.05, 0.1) is 0 Å². The Labute approximate surface area is 110 Å². The van der Waals surface area contributed by atoms with Crippen molar-refractivity contribution in [2.45, 2.75) is 50.5 Å². The molecule has 0 bridgehead atoms. The van der Waals surface area contributed by atoms with Crippen LogP contribution in [0, 0.1) is 12.3 Å². The minimum atomic E-state index is -0.317. The first-order valence-corrected chi connectivity index (χ1v) is 6.74. The summed E-state index contributed by atoms with van der Waals surface area (Å²) in [7, 11) is 0. The largest absolute Gasteiger partial charge is 0.362 e. The summed E-state index contributed by atoms with van der Waals surface area (Å²) in [4.78, 5) is 10.9. The van der Waals surface area contributed by atoms with Crippen LogP contribution in [0.15, 0.2) is 12.7 Å². The SMILES string of the molecule is C#CC1(OCCCCNC(=O)C=C)CCCCC1. The zero-order valence-electron chi connectivity index (χ0n) is 11.0. The zero-order valence-corrected chi connectivity index (χ0v) is 11.0. The molecule has 0 aromatic carbocycles. The molecule has 3 heteroatoms. The van der Waals surface area contributed by atoms with Crippen LogP contribution in [0.2, 0.25) is 0 Å². The lowest BCUT2D eigenvalue weighted by molar-refractivity contribution is -0.116. The number of carbonyl (C=O) groups is 1. The molecule has 1 fully saturated rings. The predicted octanol–water partition coefficient (Wildman–Crippen LogP) is 2.42. The normalized spacial score (nSPS) is 17.7. The van der Waals surface area contributed by atoms with Crippen molar-refractivity contribution >= 4 is 5.91 Å². The first kappa shape index (κ1) is 14.8. The second-order valence-corrected chi connectivity index (χ2v) is 4.75. The molecule has 1 aliphatic carbocycles. The average Bonchev–Trinajstić information content (AvgIpc) is 2.43. The molecule has 0 heterocycles. The summed E-state index contributed by atoms with van der Waals surface area (Å²) in [6.45, 7) is 4.74. The minimum Gasteiger partial charge on any atom is -0.362 e. The molecular formula is C15H23NO2. The van der Waals surface area contributed by atoms with Gasteiger partial charge >= 0.3 is 0 Å². The Kier molecular flexibility index (Phi) is 6.53. The fraction of sp³-hybridized carbons (Fsp3) is 0.667. The van der Waals surface area contributed by atoms with Crippen molar-refractivity contribution in [3.63, 3.8) is 0 Å². The van der Waals surface area contributed by atoms with Crippen molar-refractivity contribution in [2.24, 2.45) is 0 Å². The average molecular weight is 249 g/mol. The van der Waals surface area contributed by atoms with Crippen LogP contribution in [-0.2, 0) is 9.53 Å². The first-order chi connectivity index (χ1) is 8.72. The van der Waals surface area contributed by atoms with Crippen LogP contribution < -0.4 is 5.32 Å². The van der Waals surface area contributed by atoms with Gasteiger partial charge in [-0.25, -0.2) is 0 Å². The molecule has 1 aliphatic rings. The molecule has 0 radical (unpaired) electrons. The van der Waals surface area contributed by atoms with Gasteiger partial charge in [0.1, 0.15) is 5.60 Å². The molecule has 1 amide bonds. The summed E-state index contributed by atoms with van der Waals surface area (Å²) in [5.74, 6) is 2.71. The molecule has 0 aromatic heterocycles. The van der Waals surface area contributed by atoms with Crippen LogP contribution >= 0.6 is 0 Å². The van der Waals surface area contributed by atoms with Crippen LogP contribution in [0.5, 0.6) is 0 Å². The number of unbranched alkanes of at least 4 members (excludes halogenated alkanes) is 1. The van der Waals surface area contributed by atoms with Gasteiger partial charge in [-0.15, -0.1) is 6.42 Å². The molecular weight excluding hydrogens is 226 g/mol. The second kappa shape index (κ2) is 7.94. The number of terminal acetylenes is 1. The van der Waals surface area contributed by atoms with Gasteiger partial charge in [0.15, 0.2) is 0 Å². The summed E-state index contributed by atoms with van der Waals surface area (Å²) in [6.07, 6.45) is 14.3. The lowest BCUT2D eigenvalue weighted by atomic mass is 9.85. The smallest absolute Gasteiger partial charge is 0.243 e. The van der Waals surface area contributed by atoms with Crippen LogP contribution in [0.4, 0.5) is 0 Å². The number of ether oxygens (including phenoxy) is 1. The van der Waals surface area contributed by atoms with Gasteiger partial charge in [-0.3, -0.25) is 4.79 Å². The highest BCUT2D eigenvalue weighted by atomic mass is 16.5. The van der Waals surface area contributed by atoms with E-state index in [1.807, 2.05) is 0 Å². The molecule has 1 rings (SSSR count). The Morgan fingerprint density at radius 2 is 2.11 bits per heavy atom. The maximum Gasteiger partial charge on any atom is 0.243 e. The van der Waals surface area contributed by atoms with E-state index in [1.54, 1.807) is 0 Å². The van der Waals surface area contributed by atoms with E-state index in [4.69, 9.17) is 11.2 Å². The zero-order chi connectivity index (χ0) is 13.3. The van der Waals surface area contributed by atoms with E-state index in [9.17, 15) is 4.79 Å². The van der Waals surface area contributed by atoms with Gasteiger partial charge < -0.3 is 10.1 Å². The van der Waals surface area contributed by atoms with Crippen molar-refractivity contribution < 1.29 is 9.53 Å². The summed E-state index contributed by atoms with van der Waals surface area (Å²) in [6, 6.07) is 0. The number of carbonyl (C=O) groups excluding carboxylic acids is 1. The summed E-state index contributed by atoms with van der Waals surface area (Å²) >= 11 is 0. The van der Waals surface area contributed by atoms with E-state index in [1.165, 1.54) is 25.3 Å². The third-order valence-corrected chi connectivity index (χ3v) is 3.36. The van der Waals surface area contributed by atoms with Crippen molar-refractivity contribution in [1.82, 2.24) is 5.32 Å². The number of hydrogen-bond donors (Lipinski definition) is 1. The highest BCUT2D eigenvalue weighted by molar-refractivity contribution is 5.86. The highest BCUT2D eigenvalue weighted by Gasteiger charge is 2.30. The Hall–Kier alpha value is -1.27. The Balaban J connectivity index is 2.11. The number of rotatable bonds is 7. The molecule has 0 unspecified atom stereocenters. The van der Waals surface area contributed by atoms with E-state index >= 15 is 0 Å². The molecule has 0 aromatic rings. The van der Waals surface area contributed by atoms with E-state index in [0.717, 1.165) is 25.7 Å². The Morgan fingerprint density at radius 3 is 2.72 bits per heavy atom. The van der Waals surface area contributed by atoms with E-state index in [2.05, 4.69) is 17.8 Å². The van der Waals surface area contributed by atoms with Crippen LogP contribution in [0.3, 0.4) is 0 Å². The molecule has 1 N–H and O–H groups in total. The second-order valence-electron chi connectivity index (χ2n) is 4.75. The fourth-order valence-electron chi connectivity index (χ4n) is 2.23. The molecule has 1 saturated carbocycles. The third kappa shape index (κ3) is 4.93.